The monoisotopic (exact) mass is 213 g/mol. The van der Waals surface area contributed by atoms with Crippen LogP contribution in [0.25, 0.3) is 0 Å². The Bertz CT molecular complexity index is 331. The lowest BCUT2D eigenvalue weighted by Crippen LogP contribution is -2.11. The molecule has 0 radical (unpaired) electrons. The van der Waals surface area contributed by atoms with E-state index in [1.54, 1.807) is 0 Å². The van der Waals surface area contributed by atoms with Gasteiger partial charge in [-0.2, -0.15) is 9.97 Å². The van der Waals surface area contributed by atoms with Crippen LogP contribution in [0, 0.1) is 0 Å². The smallest absolute Gasteiger partial charge is 0.244 e. The van der Waals surface area contributed by atoms with Crippen molar-refractivity contribution in [1.82, 2.24) is 9.97 Å². The molecule has 0 saturated carbocycles. The van der Waals surface area contributed by atoms with E-state index in [4.69, 9.17) is 26.7 Å². The third kappa shape index (κ3) is 3.13. The molecular weight excluding hydrogens is 198 g/mol. The topological polar surface area (TPSA) is 122 Å². The van der Waals surface area contributed by atoms with Gasteiger partial charge in [-0.1, -0.05) is 0 Å². The fourth-order valence-electron chi connectivity index (χ4n) is 0.934. The molecule has 0 saturated heterocycles. The first-order chi connectivity index (χ1) is 7.15. The highest BCUT2D eigenvalue weighted by molar-refractivity contribution is 5.65. The van der Waals surface area contributed by atoms with Gasteiger partial charge < -0.3 is 26.7 Å². The summed E-state index contributed by atoms with van der Waals surface area (Å²) in [7, 11) is 0. The lowest BCUT2D eigenvalue weighted by atomic mass is 10.4. The Morgan fingerprint density at radius 2 is 1.87 bits per heavy atom. The number of anilines is 3. The average Bonchev–Trinajstić information content (AvgIpc) is 2.19. The van der Waals surface area contributed by atoms with Crippen molar-refractivity contribution in [2.75, 3.05) is 37.0 Å². The third-order valence-electron chi connectivity index (χ3n) is 1.63. The third-order valence-corrected chi connectivity index (χ3v) is 1.63. The van der Waals surface area contributed by atoms with Gasteiger partial charge in [0.05, 0.1) is 6.61 Å². The molecule has 7 nitrogen and oxygen atoms in total. The maximum absolute atomic E-state index is 5.59. The van der Waals surface area contributed by atoms with Gasteiger partial charge in [0.1, 0.15) is 12.3 Å². The van der Waals surface area contributed by atoms with Gasteiger partial charge >= 0.3 is 0 Å². The summed E-state index contributed by atoms with van der Waals surface area (Å²) in [5.74, 6) is 0.349. The summed E-state index contributed by atoms with van der Waals surface area (Å²) >= 11 is 0. The number of aromatic nitrogens is 2. The Morgan fingerprint density at radius 1 is 1.13 bits per heavy atom. The summed E-state index contributed by atoms with van der Waals surface area (Å²) < 4.78 is 10.3. The molecule has 1 aromatic heterocycles. The van der Waals surface area contributed by atoms with Crippen molar-refractivity contribution >= 4 is 17.5 Å². The zero-order valence-electron chi connectivity index (χ0n) is 8.56. The fourth-order valence-corrected chi connectivity index (χ4v) is 0.934. The zero-order chi connectivity index (χ0) is 11.3. The van der Waals surface area contributed by atoms with Gasteiger partial charge in [-0.05, 0) is 6.92 Å². The van der Waals surface area contributed by atoms with Crippen LogP contribution in [0.15, 0.2) is 0 Å². The number of hydrogen-bond acceptors (Lipinski definition) is 7. The molecule has 0 aliphatic rings. The van der Waals surface area contributed by atoms with E-state index in [2.05, 4.69) is 9.97 Å². The van der Waals surface area contributed by atoms with E-state index < -0.39 is 0 Å². The summed E-state index contributed by atoms with van der Waals surface area (Å²) in [6.07, 6.45) is 0. The molecule has 15 heavy (non-hydrogen) atoms. The van der Waals surface area contributed by atoms with Gasteiger partial charge in [-0.15, -0.1) is 0 Å². The van der Waals surface area contributed by atoms with Crippen molar-refractivity contribution in [2.45, 2.75) is 6.92 Å². The van der Waals surface area contributed by atoms with Gasteiger partial charge in [-0.3, -0.25) is 0 Å². The van der Waals surface area contributed by atoms with Gasteiger partial charge in [0.2, 0.25) is 11.8 Å². The molecule has 1 heterocycles. The molecule has 0 unspecified atom stereocenters. The minimum Gasteiger partial charge on any atom is -0.474 e. The van der Waals surface area contributed by atoms with Gasteiger partial charge in [0.15, 0.2) is 5.82 Å². The Balaban J connectivity index is 2.60. The number of hydrogen-bond donors (Lipinski definition) is 3. The molecule has 1 aromatic rings. The normalized spacial score (nSPS) is 10.2. The van der Waals surface area contributed by atoms with Crippen molar-refractivity contribution in [3.63, 3.8) is 0 Å². The second-order valence-corrected chi connectivity index (χ2v) is 2.73. The lowest BCUT2D eigenvalue weighted by molar-refractivity contribution is 0.109. The van der Waals surface area contributed by atoms with E-state index in [1.165, 1.54) is 0 Å². The van der Waals surface area contributed by atoms with Crippen LogP contribution in [-0.4, -0.2) is 29.8 Å². The minimum atomic E-state index is 0.0353. The van der Waals surface area contributed by atoms with Crippen LogP contribution in [0.1, 0.15) is 6.92 Å². The summed E-state index contributed by atoms with van der Waals surface area (Å²) in [4.78, 5) is 7.50. The van der Waals surface area contributed by atoms with Crippen LogP contribution in [0.2, 0.25) is 0 Å². The van der Waals surface area contributed by atoms with Crippen LogP contribution in [0.5, 0.6) is 5.88 Å². The van der Waals surface area contributed by atoms with Gasteiger partial charge in [0.25, 0.3) is 0 Å². The maximum Gasteiger partial charge on any atom is 0.244 e. The molecule has 6 N–H and O–H groups in total. The molecule has 0 amide bonds. The first-order valence-corrected chi connectivity index (χ1v) is 4.54. The molecule has 0 bridgehead atoms. The van der Waals surface area contributed by atoms with Crippen molar-refractivity contribution < 1.29 is 9.47 Å². The second-order valence-electron chi connectivity index (χ2n) is 2.73. The molecule has 0 atom stereocenters. The minimum absolute atomic E-state index is 0.0353. The standard InChI is InChI=1S/C8H15N5O2/c1-2-14-3-4-15-7-5(9)6(10)12-8(11)13-7/h2-4,9H2,1H3,(H4,10,11,12,13). The molecule has 0 fully saturated rings. The Morgan fingerprint density at radius 3 is 2.53 bits per heavy atom. The molecule has 0 aromatic carbocycles. The molecule has 84 valence electrons. The molecular formula is C8H15N5O2. The second kappa shape index (κ2) is 5.20. The Kier molecular flexibility index (Phi) is 3.92. The molecule has 0 aliphatic heterocycles. The summed E-state index contributed by atoms with van der Waals surface area (Å²) in [5.41, 5.74) is 16.7. The van der Waals surface area contributed by atoms with Gasteiger partial charge in [-0.25, -0.2) is 0 Å². The molecule has 7 heteroatoms. The first kappa shape index (κ1) is 11.3. The van der Waals surface area contributed by atoms with Crippen LogP contribution in [0.3, 0.4) is 0 Å². The van der Waals surface area contributed by atoms with E-state index in [0.717, 1.165) is 0 Å². The van der Waals surface area contributed by atoms with Crippen molar-refractivity contribution in [3.8, 4) is 5.88 Å². The highest BCUT2D eigenvalue weighted by Gasteiger charge is 2.08. The van der Waals surface area contributed by atoms with E-state index in [9.17, 15) is 0 Å². The predicted molar refractivity (Wildman–Crippen MR) is 57.3 cm³/mol. The average molecular weight is 213 g/mol. The number of nitrogens with two attached hydrogens (primary N) is 3. The summed E-state index contributed by atoms with van der Waals surface area (Å²) in [6, 6.07) is 0. The van der Waals surface area contributed by atoms with Crippen LogP contribution >= 0.6 is 0 Å². The quantitative estimate of drug-likeness (QED) is 0.570. The predicted octanol–water partition coefficient (Wildman–Crippen LogP) is -0.361. The Hall–Kier alpha value is -1.76. The first-order valence-electron chi connectivity index (χ1n) is 4.54. The largest absolute Gasteiger partial charge is 0.474 e. The van der Waals surface area contributed by atoms with E-state index in [-0.39, 0.29) is 23.3 Å². The van der Waals surface area contributed by atoms with E-state index >= 15 is 0 Å². The highest BCUT2D eigenvalue weighted by Crippen LogP contribution is 2.23. The van der Waals surface area contributed by atoms with Crippen molar-refractivity contribution in [3.05, 3.63) is 0 Å². The van der Waals surface area contributed by atoms with E-state index in [1.807, 2.05) is 6.92 Å². The van der Waals surface area contributed by atoms with Gasteiger partial charge in [0, 0.05) is 6.61 Å². The number of ether oxygens (including phenoxy) is 2. The Labute approximate surface area is 87.6 Å². The van der Waals surface area contributed by atoms with E-state index in [0.29, 0.717) is 19.8 Å². The number of nitrogens with zero attached hydrogens (tertiary/aromatic N) is 2. The van der Waals surface area contributed by atoms with Crippen molar-refractivity contribution in [2.24, 2.45) is 0 Å². The summed E-state index contributed by atoms with van der Waals surface area (Å²) in [6.45, 7) is 3.33. The van der Waals surface area contributed by atoms with Crippen molar-refractivity contribution in [1.29, 1.82) is 0 Å². The lowest BCUT2D eigenvalue weighted by Gasteiger charge is -2.09. The SMILES string of the molecule is CCOCCOc1nc(N)nc(N)c1N. The number of rotatable bonds is 5. The summed E-state index contributed by atoms with van der Waals surface area (Å²) in [5, 5.41) is 0. The maximum atomic E-state index is 5.59. The highest BCUT2D eigenvalue weighted by atomic mass is 16.5. The number of nitrogen functional groups attached to an aromatic ring is 3. The molecule has 1 rings (SSSR count). The van der Waals surface area contributed by atoms with Crippen LogP contribution in [-0.2, 0) is 4.74 Å². The molecule has 0 spiro atoms. The fraction of sp³-hybridized carbons (Fsp3) is 0.500. The van der Waals surface area contributed by atoms with Crippen LogP contribution in [0.4, 0.5) is 17.5 Å². The zero-order valence-corrected chi connectivity index (χ0v) is 8.56. The molecule has 0 aliphatic carbocycles. The van der Waals surface area contributed by atoms with Crippen LogP contribution < -0.4 is 21.9 Å².